The molecule has 4 nitrogen and oxygen atoms in total. The molecule has 3 N–H and O–H groups in total. The fourth-order valence-corrected chi connectivity index (χ4v) is 4.17. The number of halogens is 1. The highest BCUT2D eigenvalue weighted by atomic mass is 32.2. The van der Waals surface area contributed by atoms with E-state index in [9.17, 15) is 12.8 Å². The minimum absolute atomic E-state index is 0.116. The average Bonchev–Trinajstić information content (AvgIpc) is 2.42. The van der Waals surface area contributed by atoms with Gasteiger partial charge in [0.1, 0.15) is 10.7 Å². The van der Waals surface area contributed by atoms with Gasteiger partial charge in [-0.2, -0.15) is 0 Å². The SMILES string of the molecule is CC1CCC(NS(=O)(=O)c2ccc(CN)cc2F)CC1C. The second-order valence-electron chi connectivity index (χ2n) is 6.05. The molecule has 1 aromatic carbocycles. The zero-order valence-corrected chi connectivity index (χ0v) is 13.3. The molecule has 1 saturated carbocycles. The second-order valence-corrected chi connectivity index (χ2v) is 7.74. The first-order valence-electron chi connectivity index (χ1n) is 7.34. The highest BCUT2D eigenvalue weighted by Gasteiger charge is 2.29. The Kier molecular flexibility index (Phi) is 5.01. The van der Waals surface area contributed by atoms with Crippen LogP contribution in [0.4, 0.5) is 4.39 Å². The Morgan fingerprint density at radius 2 is 2.00 bits per heavy atom. The van der Waals surface area contributed by atoms with E-state index in [4.69, 9.17) is 5.73 Å². The van der Waals surface area contributed by atoms with Crippen LogP contribution >= 0.6 is 0 Å². The van der Waals surface area contributed by atoms with E-state index in [1.165, 1.54) is 12.1 Å². The first kappa shape index (κ1) is 16.4. The summed E-state index contributed by atoms with van der Waals surface area (Å²) in [7, 11) is -3.82. The third-order valence-corrected chi connectivity index (χ3v) is 6.00. The van der Waals surface area contributed by atoms with Crippen LogP contribution in [-0.4, -0.2) is 14.5 Å². The van der Waals surface area contributed by atoms with Gasteiger partial charge in [-0.1, -0.05) is 19.9 Å². The molecule has 0 aromatic heterocycles. The zero-order chi connectivity index (χ0) is 15.6. The maximum absolute atomic E-state index is 14.0. The van der Waals surface area contributed by atoms with E-state index < -0.39 is 15.8 Å². The zero-order valence-electron chi connectivity index (χ0n) is 12.5. The molecule has 21 heavy (non-hydrogen) atoms. The van der Waals surface area contributed by atoms with Crippen LogP contribution in [0.25, 0.3) is 0 Å². The van der Waals surface area contributed by atoms with E-state index in [1.54, 1.807) is 6.07 Å². The van der Waals surface area contributed by atoms with E-state index in [0.717, 1.165) is 19.3 Å². The molecule has 118 valence electrons. The van der Waals surface area contributed by atoms with Crippen molar-refractivity contribution in [3.8, 4) is 0 Å². The predicted molar refractivity (Wildman–Crippen MR) is 80.6 cm³/mol. The molecule has 6 heteroatoms. The molecule has 1 aromatic rings. The monoisotopic (exact) mass is 314 g/mol. The summed E-state index contributed by atoms with van der Waals surface area (Å²) in [5.74, 6) is 0.324. The number of rotatable bonds is 4. The van der Waals surface area contributed by atoms with Crippen LogP contribution in [0, 0.1) is 17.7 Å². The van der Waals surface area contributed by atoms with Crippen molar-refractivity contribution in [1.82, 2.24) is 4.72 Å². The van der Waals surface area contributed by atoms with Crippen LogP contribution in [0.5, 0.6) is 0 Å². The highest BCUT2D eigenvalue weighted by Crippen LogP contribution is 2.30. The van der Waals surface area contributed by atoms with Crippen LogP contribution in [-0.2, 0) is 16.6 Å². The first-order valence-corrected chi connectivity index (χ1v) is 8.82. The molecule has 0 bridgehead atoms. The molecule has 0 spiro atoms. The third kappa shape index (κ3) is 3.81. The molecule has 0 saturated heterocycles. The molecular formula is C15H23FN2O2S. The van der Waals surface area contributed by atoms with Crippen LogP contribution in [0.3, 0.4) is 0 Å². The molecule has 1 aliphatic rings. The summed E-state index contributed by atoms with van der Waals surface area (Å²) in [4.78, 5) is -0.300. The van der Waals surface area contributed by atoms with Crippen molar-refractivity contribution in [2.45, 2.75) is 50.6 Å². The van der Waals surface area contributed by atoms with Crippen molar-refractivity contribution in [3.05, 3.63) is 29.6 Å². The lowest BCUT2D eigenvalue weighted by Gasteiger charge is -2.32. The standard InChI is InChI=1S/C15H23FN2O2S/c1-10-3-5-13(7-11(10)2)18-21(19,20)15-6-4-12(9-17)8-14(15)16/h4,6,8,10-11,13,18H,3,5,7,9,17H2,1-2H3. The highest BCUT2D eigenvalue weighted by molar-refractivity contribution is 7.89. The third-order valence-electron chi connectivity index (χ3n) is 4.44. The molecule has 0 radical (unpaired) electrons. The lowest BCUT2D eigenvalue weighted by Crippen LogP contribution is -2.40. The van der Waals surface area contributed by atoms with E-state index in [0.29, 0.717) is 17.4 Å². The van der Waals surface area contributed by atoms with Crippen LogP contribution in [0.1, 0.15) is 38.7 Å². The molecule has 2 rings (SSSR count). The van der Waals surface area contributed by atoms with Gasteiger partial charge in [0.15, 0.2) is 0 Å². The van der Waals surface area contributed by atoms with Gasteiger partial charge >= 0.3 is 0 Å². The molecule has 1 aliphatic carbocycles. The van der Waals surface area contributed by atoms with Crippen molar-refractivity contribution in [2.24, 2.45) is 17.6 Å². The van der Waals surface area contributed by atoms with Gasteiger partial charge in [0.25, 0.3) is 0 Å². The Labute approximate surface area is 126 Å². The van der Waals surface area contributed by atoms with Gasteiger partial charge in [0, 0.05) is 12.6 Å². The van der Waals surface area contributed by atoms with Gasteiger partial charge in [-0.15, -0.1) is 0 Å². The lowest BCUT2D eigenvalue weighted by atomic mass is 9.79. The summed E-state index contributed by atoms with van der Waals surface area (Å²) in [6.45, 7) is 4.49. The molecule has 0 heterocycles. The van der Waals surface area contributed by atoms with Crippen molar-refractivity contribution >= 4 is 10.0 Å². The Balaban J connectivity index is 2.15. The van der Waals surface area contributed by atoms with Crippen LogP contribution in [0.15, 0.2) is 23.1 Å². The lowest BCUT2D eigenvalue weighted by molar-refractivity contribution is 0.241. The van der Waals surface area contributed by atoms with Crippen LogP contribution < -0.4 is 10.5 Å². The van der Waals surface area contributed by atoms with E-state index in [-0.39, 0.29) is 17.5 Å². The summed E-state index contributed by atoms with van der Waals surface area (Å²) in [6.07, 6.45) is 2.58. The summed E-state index contributed by atoms with van der Waals surface area (Å²) in [5.41, 5.74) is 6.00. The molecule has 0 aliphatic heterocycles. The number of nitrogens with one attached hydrogen (secondary N) is 1. The Morgan fingerprint density at radius 1 is 1.29 bits per heavy atom. The molecule has 1 fully saturated rings. The Bertz CT molecular complexity index is 604. The number of sulfonamides is 1. The van der Waals surface area contributed by atoms with Crippen molar-refractivity contribution in [3.63, 3.8) is 0 Å². The molecule has 3 atom stereocenters. The normalized spacial score (nSPS) is 26.8. The maximum Gasteiger partial charge on any atom is 0.243 e. The number of hydrogen-bond donors (Lipinski definition) is 2. The fourth-order valence-electron chi connectivity index (χ4n) is 2.83. The fraction of sp³-hybridized carbons (Fsp3) is 0.600. The quantitative estimate of drug-likeness (QED) is 0.896. The summed E-state index contributed by atoms with van der Waals surface area (Å²) >= 11 is 0. The van der Waals surface area contributed by atoms with Gasteiger partial charge in [-0.25, -0.2) is 17.5 Å². The summed E-state index contributed by atoms with van der Waals surface area (Å²) in [6, 6.07) is 3.90. The predicted octanol–water partition coefficient (Wildman–Crippen LogP) is 2.39. The minimum atomic E-state index is -3.82. The Hall–Kier alpha value is -0.980. The maximum atomic E-state index is 14.0. The summed E-state index contributed by atoms with van der Waals surface area (Å²) in [5, 5.41) is 0. The smallest absolute Gasteiger partial charge is 0.243 e. The summed E-state index contributed by atoms with van der Waals surface area (Å²) < 4.78 is 41.2. The Morgan fingerprint density at radius 3 is 2.57 bits per heavy atom. The topological polar surface area (TPSA) is 72.2 Å². The second kappa shape index (κ2) is 6.42. The largest absolute Gasteiger partial charge is 0.326 e. The minimum Gasteiger partial charge on any atom is -0.326 e. The molecule has 0 amide bonds. The van der Waals surface area contributed by atoms with Gasteiger partial charge in [0.05, 0.1) is 0 Å². The first-order chi connectivity index (χ1) is 9.83. The van der Waals surface area contributed by atoms with Crippen molar-refractivity contribution < 1.29 is 12.8 Å². The van der Waals surface area contributed by atoms with Gasteiger partial charge in [-0.3, -0.25) is 0 Å². The number of benzene rings is 1. The van der Waals surface area contributed by atoms with Gasteiger partial charge < -0.3 is 5.73 Å². The van der Waals surface area contributed by atoms with Gasteiger partial charge in [0.2, 0.25) is 10.0 Å². The van der Waals surface area contributed by atoms with Gasteiger partial charge in [-0.05, 0) is 48.8 Å². The van der Waals surface area contributed by atoms with Crippen molar-refractivity contribution in [1.29, 1.82) is 0 Å². The molecular weight excluding hydrogens is 291 g/mol. The number of nitrogens with two attached hydrogens (primary N) is 1. The molecule has 3 unspecified atom stereocenters. The van der Waals surface area contributed by atoms with E-state index >= 15 is 0 Å². The number of hydrogen-bond acceptors (Lipinski definition) is 3. The van der Waals surface area contributed by atoms with Crippen molar-refractivity contribution in [2.75, 3.05) is 0 Å². The van der Waals surface area contributed by atoms with E-state index in [2.05, 4.69) is 18.6 Å². The van der Waals surface area contributed by atoms with E-state index in [1.807, 2.05) is 0 Å². The average molecular weight is 314 g/mol. The van der Waals surface area contributed by atoms with Crippen LogP contribution in [0.2, 0.25) is 0 Å².